The van der Waals surface area contributed by atoms with Crippen LogP contribution in [0.2, 0.25) is 0 Å². The second-order valence-corrected chi connectivity index (χ2v) is 8.69. The summed E-state index contributed by atoms with van der Waals surface area (Å²) in [6.45, 7) is 1.96. The van der Waals surface area contributed by atoms with Crippen molar-refractivity contribution in [3.05, 3.63) is 66.7 Å². The molecule has 1 aliphatic rings. The monoisotopic (exact) mass is 438 g/mol. The third kappa shape index (κ3) is 6.01. The molecule has 0 saturated carbocycles. The lowest BCUT2D eigenvalue weighted by molar-refractivity contribution is 0.143. The fourth-order valence-electron chi connectivity index (χ4n) is 3.38. The standard InChI is InChI=1S/C23H26N4O3S/c1-26-15-12-25-22(26)31-21-8-13-27(14-9-21)23(28)30-19-6-4-18(5-7-19)10-16-29-20-3-2-11-24-17-20/h2-7,11-12,15,17,21H,8-10,13-14,16H2,1H3. The predicted molar refractivity (Wildman–Crippen MR) is 120 cm³/mol. The number of likely N-dealkylation sites (tertiary alicyclic amines) is 1. The Hall–Kier alpha value is -3.00. The van der Waals surface area contributed by atoms with Gasteiger partial charge in [0.05, 0.1) is 12.8 Å². The lowest BCUT2D eigenvalue weighted by Gasteiger charge is -2.30. The van der Waals surface area contributed by atoms with Crippen LogP contribution in [0.15, 0.2) is 66.3 Å². The Morgan fingerprint density at radius 1 is 1.13 bits per heavy atom. The van der Waals surface area contributed by atoms with Crippen molar-refractivity contribution in [3.63, 3.8) is 0 Å². The maximum Gasteiger partial charge on any atom is 0.415 e. The molecule has 4 rings (SSSR count). The third-order valence-corrected chi connectivity index (χ3v) is 6.58. The number of amides is 1. The Labute approximate surface area is 186 Å². The summed E-state index contributed by atoms with van der Waals surface area (Å²) in [5, 5.41) is 1.49. The van der Waals surface area contributed by atoms with Crippen molar-refractivity contribution < 1.29 is 14.3 Å². The molecular formula is C23H26N4O3S. The van der Waals surface area contributed by atoms with Crippen LogP contribution in [0, 0.1) is 0 Å². The van der Waals surface area contributed by atoms with E-state index < -0.39 is 0 Å². The predicted octanol–water partition coefficient (Wildman–Crippen LogP) is 4.19. The molecule has 31 heavy (non-hydrogen) atoms. The molecule has 0 bridgehead atoms. The summed E-state index contributed by atoms with van der Waals surface area (Å²) in [5.41, 5.74) is 1.12. The molecule has 0 radical (unpaired) electrons. The minimum Gasteiger partial charge on any atom is -0.492 e. The van der Waals surface area contributed by atoms with Crippen molar-refractivity contribution in [1.29, 1.82) is 0 Å². The average Bonchev–Trinajstić information content (AvgIpc) is 3.20. The molecule has 1 aliphatic heterocycles. The van der Waals surface area contributed by atoms with Crippen LogP contribution >= 0.6 is 11.8 Å². The molecule has 0 unspecified atom stereocenters. The highest BCUT2D eigenvalue weighted by Gasteiger charge is 2.25. The average molecular weight is 439 g/mol. The fourth-order valence-corrected chi connectivity index (χ4v) is 4.47. The summed E-state index contributed by atoms with van der Waals surface area (Å²) in [6.07, 6.45) is 9.53. The van der Waals surface area contributed by atoms with Gasteiger partial charge in [-0.2, -0.15) is 0 Å². The molecule has 1 amide bonds. The number of pyridine rings is 1. The van der Waals surface area contributed by atoms with E-state index >= 15 is 0 Å². The molecule has 162 valence electrons. The lowest BCUT2D eigenvalue weighted by Crippen LogP contribution is -2.40. The van der Waals surface area contributed by atoms with Crippen LogP contribution in [0.25, 0.3) is 0 Å². The zero-order valence-electron chi connectivity index (χ0n) is 17.5. The van der Waals surface area contributed by atoms with Gasteiger partial charge in [0, 0.05) is 50.4 Å². The van der Waals surface area contributed by atoms with Gasteiger partial charge in [0.2, 0.25) is 0 Å². The van der Waals surface area contributed by atoms with E-state index in [0.717, 1.165) is 35.7 Å². The Kier molecular flexibility index (Phi) is 7.09. The first-order valence-corrected chi connectivity index (χ1v) is 11.3. The summed E-state index contributed by atoms with van der Waals surface area (Å²) in [5.74, 6) is 1.32. The van der Waals surface area contributed by atoms with Crippen molar-refractivity contribution in [1.82, 2.24) is 19.4 Å². The van der Waals surface area contributed by atoms with Crippen LogP contribution in [-0.4, -0.2) is 50.5 Å². The van der Waals surface area contributed by atoms with Crippen molar-refractivity contribution >= 4 is 17.9 Å². The summed E-state index contributed by atoms with van der Waals surface area (Å²) >= 11 is 1.78. The lowest BCUT2D eigenvalue weighted by atomic mass is 10.1. The number of imidazole rings is 1. The Morgan fingerprint density at radius 3 is 2.61 bits per heavy atom. The van der Waals surface area contributed by atoms with E-state index in [9.17, 15) is 4.79 Å². The van der Waals surface area contributed by atoms with Crippen molar-refractivity contribution in [2.45, 2.75) is 29.7 Å². The van der Waals surface area contributed by atoms with E-state index in [2.05, 4.69) is 9.97 Å². The summed E-state index contributed by atoms with van der Waals surface area (Å²) in [6, 6.07) is 11.3. The molecule has 1 saturated heterocycles. The molecular weight excluding hydrogens is 412 g/mol. The van der Waals surface area contributed by atoms with E-state index in [4.69, 9.17) is 9.47 Å². The van der Waals surface area contributed by atoms with E-state index in [0.29, 0.717) is 30.7 Å². The molecule has 2 aromatic heterocycles. The maximum atomic E-state index is 12.5. The smallest absolute Gasteiger partial charge is 0.415 e. The van der Waals surface area contributed by atoms with Gasteiger partial charge in [-0.1, -0.05) is 23.9 Å². The van der Waals surface area contributed by atoms with Gasteiger partial charge in [-0.3, -0.25) is 4.98 Å². The minimum absolute atomic E-state index is 0.284. The largest absolute Gasteiger partial charge is 0.492 e. The molecule has 0 spiro atoms. The van der Waals surface area contributed by atoms with Gasteiger partial charge in [0.1, 0.15) is 11.5 Å². The molecule has 7 nitrogen and oxygen atoms in total. The second-order valence-electron chi connectivity index (χ2n) is 7.42. The maximum absolute atomic E-state index is 12.5. The van der Waals surface area contributed by atoms with Gasteiger partial charge in [-0.25, -0.2) is 9.78 Å². The van der Waals surface area contributed by atoms with Crippen molar-refractivity contribution in [2.24, 2.45) is 7.05 Å². The SMILES string of the molecule is Cn1ccnc1SC1CCN(C(=O)Oc2ccc(CCOc3cccnc3)cc2)CC1. The number of ether oxygens (including phenoxy) is 2. The number of rotatable bonds is 7. The topological polar surface area (TPSA) is 69.5 Å². The highest BCUT2D eigenvalue weighted by molar-refractivity contribution is 7.99. The van der Waals surface area contributed by atoms with E-state index in [1.165, 1.54) is 0 Å². The number of carbonyl (C=O) groups is 1. The highest BCUT2D eigenvalue weighted by atomic mass is 32.2. The van der Waals surface area contributed by atoms with Crippen LogP contribution in [0.1, 0.15) is 18.4 Å². The highest BCUT2D eigenvalue weighted by Crippen LogP contribution is 2.29. The van der Waals surface area contributed by atoms with Gasteiger partial charge in [0.25, 0.3) is 0 Å². The number of aryl methyl sites for hydroxylation is 1. The van der Waals surface area contributed by atoms with Gasteiger partial charge >= 0.3 is 6.09 Å². The molecule has 8 heteroatoms. The van der Waals surface area contributed by atoms with Crippen LogP contribution < -0.4 is 9.47 Å². The van der Waals surface area contributed by atoms with Crippen molar-refractivity contribution in [2.75, 3.05) is 19.7 Å². The zero-order valence-corrected chi connectivity index (χ0v) is 18.3. The number of thioether (sulfide) groups is 1. The molecule has 0 N–H and O–H groups in total. The number of hydrogen-bond donors (Lipinski definition) is 0. The van der Waals surface area contributed by atoms with Gasteiger partial charge in [0.15, 0.2) is 5.16 Å². The molecule has 1 aromatic carbocycles. The van der Waals surface area contributed by atoms with Crippen LogP contribution in [0.5, 0.6) is 11.5 Å². The van der Waals surface area contributed by atoms with Gasteiger partial charge in [-0.05, 0) is 42.7 Å². The number of aromatic nitrogens is 3. The first kappa shape index (κ1) is 21.2. The summed E-state index contributed by atoms with van der Waals surface area (Å²) in [7, 11) is 2.00. The molecule has 3 aromatic rings. The van der Waals surface area contributed by atoms with Crippen LogP contribution in [0.3, 0.4) is 0 Å². The number of nitrogens with zero attached hydrogens (tertiary/aromatic N) is 4. The summed E-state index contributed by atoms with van der Waals surface area (Å²) in [4.78, 5) is 22.7. The van der Waals surface area contributed by atoms with E-state index in [1.54, 1.807) is 29.1 Å². The number of carbonyl (C=O) groups excluding carboxylic acids is 1. The van der Waals surface area contributed by atoms with Crippen molar-refractivity contribution in [3.8, 4) is 11.5 Å². The van der Waals surface area contributed by atoms with E-state index in [-0.39, 0.29) is 6.09 Å². The normalized spacial score (nSPS) is 14.4. The first-order valence-electron chi connectivity index (χ1n) is 10.4. The Bertz CT molecular complexity index is 970. The number of hydrogen-bond acceptors (Lipinski definition) is 6. The molecule has 0 atom stereocenters. The number of benzene rings is 1. The third-order valence-electron chi connectivity index (χ3n) is 5.17. The molecule has 1 fully saturated rings. The van der Waals surface area contributed by atoms with E-state index in [1.807, 2.05) is 60.4 Å². The molecule has 3 heterocycles. The first-order chi connectivity index (χ1) is 15.2. The van der Waals surface area contributed by atoms with Crippen LogP contribution in [0.4, 0.5) is 4.79 Å². The van der Waals surface area contributed by atoms with Crippen LogP contribution in [-0.2, 0) is 13.5 Å². The summed E-state index contributed by atoms with van der Waals surface area (Å²) < 4.78 is 13.3. The zero-order chi connectivity index (χ0) is 21.5. The minimum atomic E-state index is -0.284. The Balaban J connectivity index is 1.19. The van der Waals surface area contributed by atoms with Gasteiger partial charge in [-0.15, -0.1) is 0 Å². The molecule has 0 aliphatic carbocycles. The second kappa shape index (κ2) is 10.3. The number of piperidine rings is 1. The quantitative estimate of drug-likeness (QED) is 0.551. The fraction of sp³-hybridized carbons (Fsp3) is 0.348. The Morgan fingerprint density at radius 2 is 1.94 bits per heavy atom. The van der Waals surface area contributed by atoms with Gasteiger partial charge < -0.3 is 18.9 Å².